The molecule has 0 radical (unpaired) electrons. The monoisotopic (exact) mass is 538 g/mol. The van der Waals surface area contributed by atoms with E-state index in [1.807, 2.05) is 0 Å². The number of halogens is 4. The van der Waals surface area contributed by atoms with Crippen molar-refractivity contribution in [2.45, 2.75) is 70.6 Å². The molecule has 1 saturated heterocycles. The molecule has 1 heterocycles. The maximum atomic E-state index is 14.2. The van der Waals surface area contributed by atoms with E-state index in [0.717, 1.165) is 12.8 Å². The minimum absolute atomic E-state index is 0. The number of aliphatic hydroxyl groups excluding tert-OH is 1. The molecule has 2 fully saturated rings. The molecule has 0 aromatic heterocycles. The van der Waals surface area contributed by atoms with Crippen LogP contribution in [-0.2, 0) is 20.7 Å². The van der Waals surface area contributed by atoms with E-state index in [4.69, 9.17) is 14.2 Å². The number of benzene rings is 1. The molecule has 11 heteroatoms. The number of morpholine rings is 1. The van der Waals surface area contributed by atoms with Gasteiger partial charge in [-0.2, -0.15) is 0 Å². The highest BCUT2D eigenvalue weighted by Crippen LogP contribution is 2.30. The predicted molar refractivity (Wildman–Crippen MR) is 131 cm³/mol. The Balaban J connectivity index is 0.00000456. The van der Waals surface area contributed by atoms with Gasteiger partial charge in [0.05, 0.1) is 57.4 Å². The van der Waals surface area contributed by atoms with E-state index in [0.29, 0.717) is 23.8 Å². The molecule has 3 N–H and O–H groups in total. The lowest BCUT2D eigenvalue weighted by atomic mass is 9.94. The summed E-state index contributed by atoms with van der Waals surface area (Å²) >= 11 is 0. The number of aliphatic hydroxyl groups is 1. The van der Waals surface area contributed by atoms with E-state index in [-0.39, 0.29) is 44.0 Å². The number of nitrogens with one attached hydrogen (secondary N) is 2. The summed E-state index contributed by atoms with van der Waals surface area (Å²) in [6, 6.07) is 2.73. The van der Waals surface area contributed by atoms with E-state index in [1.165, 1.54) is 26.0 Å². The van der Waals surface area contributed by atoms with Crippen molar-refractivity contribution in [3.05, 3.63) is 29.6 Å². The third kappa shape index (κ3) is 9.06. The predicted octanol–water partition coefficient (Wildman–Crippen LogP) is 3.11. The molecule has 7 nitrogen and oxygen atoms in total. The fourth-order valence-corrected chi connectivity index (χ4v) is 3.97. The molecule has 5 atom stereocenters. The Morgan fingerprint density at radius 2 is 2.00 bits per heavy atom. The molecule has 1 aliphatic carbocycles. The summed E-state index contributed by atoms with van der Waals surface area (Å²) in [4.78, 5) is 11.8. The van der Waals surface area contributed by atoms with Crippen LogP contribution in [-0.4, -0.2) is 74.7 Å². The minimum Gasteiger partial charge on any atom is -0.493 e. The number of alkyl halides is 2. The summed E-state index contributed by atoms with van der Waals surface area (Å²) in [6.45, 7) is 3.30. The lowest BCUT2D eigenvalue weighted by molar-refractivity contribution is -0.205. The van der Waals surface area contributed by atoms with E-state index < -0.39 is 49.1 Å². The third-order valence-corrected chi connectivity index (χ3v) is 6.35. The first-order chi connectivity index (χ1) is 16.6. The number of amides is 1. The van der Waals surface area contributed by atoms with E-state index in [2.05, 4.69) is 10.6 Å². The van der Waals surface area contributed by atoms with E-state index >= 15 is 0 Å². The molecule has 36 heavy (non-hydrogen) atoms. The number of ether oxygens (including phenoxy) is 3. The van der Waals surface area contributed by atoms with Gasteiger partial charge in [0.1, 0.15) is 11.6 Å². The van der Waals surface area contributed by atoms with Gasteiger partial charge in [0, 0.05) is 18.4 Å². The van der Waals surface area contributed by atoms with Crippen molar-refractivity contribution in [2.24, 2.45) is 11.3 Å². The number of carbonyl (C=O) groups is 1. The number of hydrogen-bond acceptors (Lipinski definition) is 6. The van der Waals surface area contributed by atoms with Crippen molar-refractivity contribution >= 4 is 18.3 Å². The highest BCUT2D eigenvalue weighted by molar-refractivity contribution is 5.85. The maximum Gasteiger partial charge on any atom is 0.217 e. The largest absolute Gasteiger partial charge is 0.493 e. The van der Waals surface area contributed by atoms with Crippen molar-refractivity contribution in [2.75, 3.05) is 33.2 Å². The van der Waals surface area contributed by atoms with Gasteiger partial charge in [-0.1, -0.05) is 6.92 Å². The zero-order chi connectivity index (χ0) is 25.6. The topological polar surface area (TPSA) is 89.1 Å². The summed E-state index contributed by atoms with van der Waals surface area (Å²) in [6.07, 6.45) is 0.596. The Morgan fingerprint density at radius 1 is 1.31 bits per heavy atom. The molecule has 2 aliphatic rings. The second-order valence-corrected chi connectivity index (χ2v) is 10.2. The molecule has 1 aliphatic heterocycles. The van der Waals surface area contributed by atoms with Crippen LogP contribution in [0.15, 0.2) is 18.2 Å². The smallest absolute Gasteiger partial charge is 0.217 e. The van der Waals surface area contributed by atoms with Crippen molar-refractivity contribution < 1.29 is 37.3 Å². The van der Waals surface area contributed by atoms with Gasteiger partial charge in [-0.15, -0.1) is 12.4 Å². The van der Waals surface area contributed by atoms with Gasteiger partial charge < -0.3 is 30.0 Å². The second kappa shape index (κ2) is 13.8. The number of rotatable bonds is 13. The lowest BCUT2D eigenvalue weighted by Crippen LogP contribution is -2.62. The first kappa shape index (κ1) is 30.6. The van der Waals surface area contributed by atoms with Crippen LogP contribution >= 0.6 is 12.4 Å². The summed E-state index contributed by atoms with van der Waals surface area (Å²) in [5, 5.41) is 17.0. The normalized spacial score (nSPS) is 23.9. The Bertz CT molecular complexity index is 844. The van der Waals surface area contributed by atoms with Gasteiger partial charge in [-0.05, 0) is 49.8 Å². The molecule has 1 saturated carbocycles. The Hall–Kier alpha value is -1.59. The van der Waals surface area contributed by atoms with Crippen LogP contribution in [0.4, 0.5) is 13.2 Å². The van der Waals surface area contributed by atoms with Crippen molar-refractivity contribution in [1.29, 1.82) is 0 Å². The van der Waals surface area contributed by atoms with Crippen LogP contribution in [0.2, 0.25) is 0 Å². The average Bonchev–Trinajstić information content (AvgIpc) is 3.65. The molecule has 3 rings (SSSR count). The Kier molecular flexibility index (Phi) is 11.8. The van der Waals surface area contributed by atoms with E-state index in [1.54, 1.807) is 13.0 Å². The Labute approximate surface area is 216 Å². The summed E-state index contributed by atoms with van der Waals surface area (Å²) in [7, 11) is 0. The first-order valence-electron chi connectivity index (χ1n) is 12.1. The summed E-state index contributed by atoms with van der Waals surface area (Å²) < 4.78 is 57.4. The molecular formula is C25H38ClF3N2O5. The van der Waals surface area contributed by atoms with E-state index in [9.17, 15) is 23.1 Å². The molecule has 0 spiro atoms. The SMILES string of the molecule is CC(=O)N[C@@H](Cc1cc(F)cc(OCC2CC2)c1)[C@H](O)[C@H]1CO[C@@H](OCC(C)(CF)CF)[C@H](C)N1.Cl. The lowest BCUT2D eigenvalue weighted by Gasteiger charge is -2.40. The van der Waals surface area contributed by atoms with Gasteiger partial charge in [-0.25, -0.2) is 4.39 Å². The fraction of sp³-hybridized carbons (Fsp3) is 0.720. The standard InChI is InChI=1S/C25H37F3N2O5.ClH/c1-15-24(35-14-25(3,12-26)13-27)34-11-22(29-15)23(32)21(30-16(2)31)8-18-6-19(28)9-20(7-18)33-10-17-4-5-17;/h6-7,9,15,17,21-24,29,32H,4-5,8,10-14H2,1-3H3,(H,30,31);1H/t15-,21-,22+,23-,24-;/m0./s1. The molecule has 0 unspecified atom stereocenters. The maximum absolute atomic E-state index is 14.2. The molecule has 1 aromatic rings. The van der Waals surface area contributed by atoms with Gasteiger partial charge in [0.2, 0.25) is 5.91 Å². The molecule has 1 aromatic carbocycles. The van der Waals surface area contributed by atoms with Crippen LogP contribution in [0.1, 0.15) is 39.2 Å². The fourth-order valence-electron chi connectivity index (χ4n) is 3.97. The van der Waals surface area contributed by atoms with Gasteiger partial charge >= 0.3 is 0 Å². The van der Waals surface area contributed by atoms with Gasteiger partial charge in [0.25, 0.3) is 0 Å². The van der Waals surface area contributed by atoms with Gasteiger partial charge in [-0.3, -0.25) is 13.6 Å². The summed E-state index contributed by atoms with van der Waals surface area (Å²) in [5.41, 5.74) is -0.654. The van der Waals surface area contributed by atoms with Crippen LogP contribution in [0.5, 0.6) is 5.75 Å². The Morgan fingerprint density at radius 3 is 2.58 bits per heavy atom. The van der Waals surface area contributed by atoms with Crippen LogP contribution in [0.3, 0.4) is 0 Å². The first-order valence-corrected chi connectivity index (χ1v) is 12.1. The van der Waals surface area contributed by atoms with Crippen molar-refractivity contribution in [1.82, 2.24) is 10.6 Å². The van der Waals surface area contributed by atoms with Crippen molar-refractivity contribution in [3.63, 3.8) is 0 Å². The van der Waals surface area contributed by atoms with Gasteiger partial charge in [0.15, 0.2) is 6.29 Å². The zero-order valence-electron chi connectivity index (χ0n) is 21.0. The quantitative estimate of drug-likeness (QED) is 0.358. The zero-order valence-corrected chi connectivity index (χ0v) is 21.8. The van der Waals surface area contributed by atoms with Crippen LogP contribution in [0, 0.1) is 17.2 Å². The number of hydrogen-bond donors (Lipinski definition) is 3. The highest BCUT2D eigenvalue weighted by atomic mass is 35.5. The second-order valence-electron chi connectivity index (χ2n) is 10.2. The highest BCUT2D eigenvalue weighted by Gasteiger charge is 2.37. The average molecular weight is 539 g/mol. The third-order valence-electron chi connectivity index (χ3n) is 6.35. The van der Waals surface area contributed by atoms with Crippen LogP contribution in [0.25, 0.3) is 0 Å². The minimum atomic E-state index is -1.23. The van der Waals surface area contributed by atoms with Crippen LogP contribution < -0.4 is 15.4 Å². The van der Waals surface area contributed by atoms with Crippen molar-refractivity contribution in [3.8, 4) is 5.75 Å². The molecule has 0 bridgehead atoms. The molecule has 1 amide bonds. The molecule has 206 valence electrons. The molecular weight excluding hydrogens is 501 g/mol. The summed E-state index contributed by atoms with van der Waals surface area (Å²) in [5.74, 6) is 0.152. The number of carbonyl (C=O) groups excluding carboxylic acids is 1.